The van der Waals surface area contributed by atoms with Crippen molar-refractivity contribution in [1.82, 2.24) is 5.32 Å². The van der Waals surface area contributed by atoms with Crippen molar-refractivity contribution in [2.45, 2.75) is 25.8 Å². The van der Waals surface area contributed by atoms with Gasteiger partial charge in [-0.15, -0.1) is 0 Å². The second-order valence-corrected chi connectivity index (χ2v) is 4.22. The van der Waals surface area contributed by atoms with Gasteiger partial charge in [-0.3, -0.25) is 0 Å². The lowest BCUT2D eigenvalue weighted by Crippen LogP contribution is -2.42. The summed E-state index contributed by atoms with van der Waals surface area (Å²) in [4.78, 5) is 0. The summed E-state index contributed by atoms with van der Waals surface area (Å²) in [6.45, 7) is 5.46. The molecule has 0 aromatic heterocycles. The highest BCUT2D eigenvalue weighted by Crippen LogP contribution is 2.28. The Morgan fingerprint density at radius 1 is 1.38 bits per heavy atom. The van der Waals surface area contributed by atoms with Gasteiger partial charge in [0.25, 0.3) is 0 Å². The normalized spacial score (nSPS) is 19.5. The molecule has 0 fully saturated rings. The van der Waals surface area contributed by atoms with Crippen molar-refractivity contribution in [2.24, 2.45) is 0 Å². The predicted molar refractivity (Wildman–Crippen MR) is 55.6 cm³/mol. The number of anilines is 1. The van der Waals surface area contributed by atoms with Crippen molar-refractivity contribution in [3.05, 3.63) is 29.3 Å². The molecular weight excluding hydrogens is 160 g/mol. The van der Waals surface area contributed by atoms with Crippen LogP contribution in [0, 0.1) is 0 Å². The zero-order chi connectivity index (χ0) is 9.47. The van der Waals surface area contributed by atoms with Crippen LogP contribution in [-0.2, 0) is 12.0 Å². The van der Waals surface area contributed by atoms with E-state index in [0.29, 0.717) is 0 Å². The maximum atomic E-state index is 5.75. The number of rotatable bonds is 0. The highest BCUT2D eigenvalue weighted by molar-refractivity contribution is 5.47. The molecule has 2 heteroatoms. The summed E-state index contributed by atoms with van der Waals surface area (Å²) in [6.07, 6.45) is 1.09. The molecule has 0 unspecified atom stereocenters. The molecule has 0 saturated carbocycles. The first kappa shape index (κ1) is 8.57. The molecule has 1 aromatic rings. The number of hydrogen-bond donors (Lipinski definition) is 2. The molecule has 1 aliphatic heterocycles. The van der Waals surface area contributed by atoms with E-state index >= 15 is 0 Å². The molecule has 0 radical (unpaired) electrons. The van der Waals surface area contributed by atoms with Crippen molar-refractivity contribution in [2.75, 3.05) is 12.3 Å². The van der Waals surface area contributed by atoms with E-state index in [1.54, 1.807) is 0 Å². The summed E-state index contributed by atoms with van der Waals surface area (Å²) in [5.74, 6) is 0. The van der Waals surface area contributed by atoms with Gasteiger partial charge in [0.2, 0.25) is 0 Å². The van der Waals surface area contributed by atoms with E-state index in [-0.39, 0.29) is 5.54 Å². The minimum absolute atomic E-state index is 0.0985. The van der Waals surface area contributed by atoms with Gasteiger partial charge in [-0.05, 0) is 50.1 Å². The standard InChI is InChI=1S/C11H16N2/c1-11(2)10-4-3-9(12)7-8(10)5-6-13-11/h3-4,7,13H,5-6,12H2,1-2H3. The van der Waals surface area contributed by atoms with Crippen LogP contribution in [0.25, 0.3) is 0 Å². The van der Waals surface area contributed by atoms with Crippen LogP contribution < -0.4 is 11.1 Å². The Balaban J connectivity index is 2.53. The lowest BCUT2D eigenvalue weighted by Gasteiger charge is -2.34. The summed E-state index contributed by atoms with van der Waals surface area (Å²) < 4.78 is 0. The Labute approximate surface area is 79.1 Å². The number of nitrogen functional groups attached to an aromatic ring is 1. The molecular formula is C11H16N2. The SMILES string of the molecule is CC1(C)NCCc2cc(N)ccc21. The summed E-state index contributed by atoms with van der Waals surface area (Å²) in [6, 6.07) is 6.21. The zero-order valence-electron chi connectivity index (χ0n) is 8.22. The van der Waals surface area contributed by atoms with Crippen molar-refractivity contribution in [3.63, 3.8) is 0 Å². The van der Waals surface area contributed by atoms with Gasteiger partial charge >= 0.3 is 0 Å². The Bertz CT molecular complexity index is 329. The van der Waals surface area contributed by atoms with E-state index in [4.69, 9.17) is 5.73 Å². The van der Waals surface area contributed by atoms with Crippen LogP contribution in [-0.4, -0.2) is 6.54 Å². The van der Waals surface area contributed by atoms with Crippen LogP contribution >= 0.6 is 0 Å². The number of nitrogens with one attached hydrogen (secondary N) is 1. The van der Waals surface area contributed by atoms with Crippen LogP contribution in [0.5, 0.6) is 0 Å². The summed E-state index contributed by atoms with van der Waals surface area (Å²) in [5, 5.41) is 3.49. The van der Waals surface area contributed by atoms with Gasteiger partial charge in [0, 0.05) is 11.2 Å². The molecule has 0 amide bonds. The fourth-order valence-corrected chi connectivity index (χ4v) is 2.04. The Morgan fingerprint density at radius 3 is 2.92 bits per heavy atom. The van der Waals surface area contributed by atoms with Gasteiger partial charge in [0.05, 0.1) is 0 Å². The quantitative estimate of drug-likeness (QED) is 0.590. The molecule has 2 nitrogen and oxygen atoms in total. The summed E-state index contributed by atoms with van der Waals surface area (Å²) >= 11 is 0. The summed E-state index contributed by atoms with van der Waals surface area (Å²) in [5.41, 5.74) is 9.49. The minimum atomic E-state index is 0.0985. The second-order valence-electron chi connectivity index (χ2n) is 4.22. The average molecular weight is 176 g/mol. The van der Waals surface area contributed by atoms with Crippen LogP contribution in [0.15, 0.2) is 18.2 Å². The van der Waals surface area contributed by atoms with Crippen LogP contribution in [0.4, 0.5) is 5.69 Å². The highest BCUT2D eigenvalue weighted by Gasteiger charge is 2.26. The first-order valence-electron chi connectivity index (χ1n) is 4.73. The molecule has 0 atom stereocenters. The topological polar surface area (TPSA) is 38.0 Å². The highest BCUT2D eigenvalue weighted by atomic mass is 15.0. The number of benzene rings is 1. The van der Waals surface area contributed by atoms with Crippen molar-refractivity contribution in [1.29, 1.82) is 0 Å². The Kier molecular flexibility index (Phi) is 1.81. The number of nitrogens with two attached hydrogens (primary N) is 1. The lowest BCUT2D eigenvalue weighted by molar-refractivity contribution is 0.382. The average Bonchev–Trinajstić information content (AvgIpc) is 2.02. The van der Waals surface area contributed by atoms with Crippen LogP contribution in [0.3, 0.4) is 0 Å². The van der Waals surface area contributed by atoms with E-state index in [1.165, 1.54) is 11.1 Å². The maximum absolute atomic E-state index is 5.75. The fourth-order valence-electron chi connectivity index (χ4n) is 2.04. The molecule has 2 rings (SSSR count). The molecule has 1 aliphatic rings. The van der Waals surface area contributed by atoms with Gasteiger partial charge in [-0.2, -0.15) is 0 Å². The van der Waals surface area contributed by atoms with Gasteiger partial charge in [-0.25, -0.2) is 0 Å². The van der Waals surface area contributed by atoms with E-state index in [2.05, 4.69) is 31.3 Å². The largest absolute Gasteiger partial charge is 0.399 e. The van der Waals surface area contributed by atoms with Gasteiger partial charge in [0.15, 0.2) is 0 Å². The molecule has 70 valence electrons. The molecule has 1 heterocycles. The van der Waals surface area contributed by atoms with Gasteiger partial charge < -0.3 is 11.1 Å². The third-order valence-corrected chi connectivity index (χ3v) is 2.76. The van der Waals surface area contributed by atoms with Crippen LogP contribution in [0.1, 0.15) is 25.0 Å². The smallest absolute Gasteiger partial charge is 0.0380 e. The van der Waals surface area contributed by atoms with Crippen molar-refractivity contribution in [3.8, 4) is 0 Å². The van der Waals surface area contributed by atoms with E-state index in [0.717, 1.165) is 18.7 Å². The fraction of sp³-hybridized carbons (Fsp3) is 0.455. The third kappa shape index (κ3) is 1.42. The minimum Gasteiger partial charge on any atom is -0.399 e. The lowest BCUT2D eigenvalue weighted by atomic mass is 9.85. The summed E-state index contributed by atoms with van der Waals surface area (Å²) in [7, 11) is 0. The molecule has 3 N–H and O–H groups in total. The first-order valence-corrected chi connectivity index (χ1v) is 4.73. The number of fused-ring (bicyclic) bond motifs is 1. The monoisotopic (exact) mass is 176 g/mol. The second kappa shape index (κ2) is 2.74. The molecule has 0 spiro atoms. The number of hydrogen-bond acceptors (Lipinski definition) is 2. The molecule has 1 aromatic carbocycles. The molecule has 0 saturated heterocycles. The van der Waals surface area contributed by atoms with Crippen molar-refractivity contribution >= 4 is 5.69 Å². The Morgan fingerprint density at radius 2 is 2.15 bits per heavy atom. The molecule has 0 bridgehead atoms. The Hall–Kier alpha value is -1.02. The first-order chi connectivity index (χ1) is 6.09. The van der Waals surface area contributed by atoms with E-state index in [9.17, 15) is 0 Å². The molecule has 0 aliphatic carbocycles. The van der Waals surface area contributed by atoms with E-state index < -0.39 is 0 Å². The maximum Gasteiger partial charge on any atom is 0.0380 e. The molecule has 13 heavy (non-hydrogen) atoms. The zero-order valence-corrected chi connectivity index (χ0v) is 8.22. The van der Waals surface area contributed by atoms with Gasteiger partial charge in [0.1, 0.15) is 0 Å². The van der Waals surface area contributed by atoms with Crippen LogP contribution in [0.2, 0.25) is 0 Å². The van der Waals surface area contributed by atoms with E-state index in [1.807, 2.05) is 6.07 Å². The van der Waals surface area contributed by atoms with Crippen molar-refractivity contribution < 1.29 is 0 Å². The van der Waals surface area contributed by atoms with Gasteiger partial charge in [-0.1, -0.05) is 6.07 Å². The predicted octanol–water partition coefficient (Wildman–Crippen LogP) is 1.65. The third-order valence-electron chi connectivity index (χ3n) is 2.76.